The summed E-state index contributed by atoms with van der Waals surface area (Å²) in [6.07, 6.45) is 2.45. The normalized spacial score (nSPS) is 19.8. The number of carbonyl (C=O) groups excluding carboxylic acids is 1. The quantitative estimate of drug-likeness (QED) is 0.838. The monoisotopic (exact) mass is 337 g/mol. The van der Waals surface area contributed by atoms with Gasteiger partial charge in [0.15, 0.2) is 5.79 Å². The summed E-state index contributed by atoms with van der Waals surface area (Å²) in [7, 11) is 0. The molecule has 25 heavy (non-hydrogen) atoms. The maximum Gasteiger partial charge on any atom is 0.253 e. The lowest BCUT2D eigenvalue weighted by Crippen LogP contribution is -2.51. The van der Waals surface area contributed by atoms with E-state index >= 15 is 0 Å². The van der Waals surface area contributed by atoms with E-state index in [4.69, 9.17) is 9.47 Å². The third-order valence-corrected chi connectivity index (χ3v) is 5.05. The summed E-state index contributed by atoms with van der Waals surface area (Å²) in [5, 5.41) is 0. The minimum Gasteiger partial charge on any atom is -0.350 e. The van der Waals surface area contributed by atoms with E-state index in [1.165, 1.54) is 0 Å². The van der Waals surface area contributed by atoms with Gasteiger partial charge in [-0.2, -0.15) is 0 Å². The van der Waals surface area contributed by atoms with Crippen LogP contribution in [0, 0.1) is 0 Å². The Morgan fingerprint density at radius 2 is 1.56 bits per heavy atom. The van der Waals surface area contributed by atoms with Crippen molar-refractivity contribution in [2.75, 3.05) is 26.3 Å². The highest BCUT2D eigenvalue weighted by Gasteiger charge is 2.39. The Hall–Kier alpha value is -2.17. The number of hydrogen-bond donors (Lipinski definition) is 0. The smallest absolute Gasteiger partial charge is 0.253 e. The van der Waals surface area contributed by atoms with E-state index in [9.17, 15) is 4.79 Å². The summed E-state index contributed by atoms with van der Waals surface area (Å²) in [6.45, 7) is 2.86. The summed E-state index contributed by atoms with van der Waals surface area (Å²) in [5.74, 6) is -0.371. The number of nitrogens with zero attached hydrogens (tertiary/aromatic N) is 1. The molecule has 2 aliphatic rings. The first-order valence-electron chi connectivity index (χ1n) is 8.98. The summed E-state index contributed by atoms with van der Waals surface area (Å²) < 4.78 is 11.7. The van der Waals surface area contributed by atoms with E-state index in [0.29, 0.717) is 13.1 Å². The molecule has 1 spiro atoms. The molecule has 2 aliphatic heterocycles. The largest absolute Gasteiger partial charge is 0.350 e. The second-order valence-electron chi connectivity index (χ2n) is 6.70. The zero-order chi connectivity index (χ0) is 17.1. The van der Waals surface area contributed by atoms with Gasteiger partial charge >= 0.3 is 0 Å². The predicted molar refractivity (Wildman–Crippen MR) is 96.3 cm³/mol. The van der Waals surface area contributed by atoms with Gasteiger partial charge in [-0.3, -0.25) is 4.79 Å². The average molecular weight is 337 g/mol. The molecule has 1 amide bonds. The van der Waals surface area contributed by atoms with E-state index in [-0.39, 0.29) is 5.91 Å². The number of ether oxygens (including phenoxy) is 2. The standard InChI is InChI=1S/C21H23NO3/c23-20(22-12-10-21(11-13-22)24-14-5-15-25-21)19-9-4-8-18(16-19)17-6-2-1-3-7-17/h1-4,6-9,16H,5,10-15H2. The Bertz CT molecular complexity index is 728. The van der Waals surface area contributed by atoms with Crippen LogP contribution < -0.4 is 0 Å². The van der Waals surface area contributed by atoms with Gasteiger partial charge in [-0.1, -0.05) is 42.5 Å². The van der Waals surface area contributed by atoms with Gasteiger partial charge in [0.25, 0.3) is 5.91 Å². The predicted octanol–water partition coefficient (Wildman–Crippen LogP) is 3.72. The Kier molecular flexibility index (Phi) is 4.55. The maximum absolute atomic E-state index is 12.9. The molecule has 2 aromatic carbocycles. The van der Waals surface area contributed by atoms with E-state index < -0.39 is 5.79 Å². The maximum atomic E-state index is 12.9. The van der Waals surface area contributed by atoms with Crippen LogP contribution in [0.5, 0.6) is 0 Å². The molecule has 0 N–H and O–H groups in total. The molecule has 4 rings (SSSR count). The lowest BCUT2D eigenvalue weighted by atomic mass is 9.99. The molecule has 0 atom stereocenters. The first-order chi connectivity index (χ1) is 12.3. The van der Waals surface area contributed by atoms with Crippen molar-refractivity contribution < 1.29 is 14.3 Å². The van der Waals surface area contributed by atoms with E-state index in [1.54, 1.807) is 0 Å². The van der Waals surface area contributed by atoms with Crippen LogP contribution in [0.2, 0.25) is 0 Å². The molecule has 0 saturated carbocycles. The third-order valence-electron chi connectivity index (χ3n) is 5.05. The molecule has 0 aromatic heterocycles. The first-order valence-corrected chi connectivity index (χ1v) is 8.98. The second-order valence-corrected chi connectivity index (χ2v) is 6.70. The summed E-state index contributed by atoms with van der Waals surface area (Å²) >= 11 is 0. The van der Waals surface area contributed by atoms with Crippen molar-refractivity contribution in [1.29, 1.82) is 0 Å². The zero-order valence-electron chi connectivity index (χ0n) is 14.3. The van der Waals surface area contributed by atoms with Crippen LogP contribution in [-0.2, 0) is 9.47 Å². The fourth-order valence-corrected chi connectivity index (χ4v) is 3.60. The summed E-state index contributed by atoms with van der Waals surface area (Å²) in [5.41, 5.74) is 2.93. The molecule has 2 fully saturated rings. The van der Waals surface area contributed by atoms with Crippen molar-refractivity contribution in [2.45, 2.75) is 25.0 Å². The van der Waals surface area contributed by atoms with Gasteiger partial charge in [0, 0.05) is 31.5 Å². The molecular formula is C21H23NO3. The fourth-order valence-electron chi connectivity index (χ4n) is 3.60. The number of carbonyl (C=O) groups is 1. The minimum atomic E-state index is -0.457. The molecule has 0 unspecified atom stereocenters. The van der Waals surface area contributed by atoms with Crippen molar-refractivity contribution in [3.05, 3.63) is 60.2 Å². The van der Waals surface area contributed by atoms with Crippen LogP contribution in [0.25, 0.3) is 11.1 Å². The van der Waals surface area contributed by atoms with Gasteiger partial charge in [-0.05, 0) is 29.7 Å². The summed E-state index contributed by atoms with van der Waals surface area (Å²) in [6, 6.07) is 18.0. The SMILES string of the molecule is O=C(c1cccc(-c2ccccc2)c1)N1CCC2(CC1)OCCCO2. The molecular weight excluding hydrogens is 314 g/mol. The number of likely N-dealkylation sites (tertiary alicyclic amines) is 1. The molecule has 130 valence electrons. The highest BCUT2D eigenvalue weighted by atomic mass is 16.7. The number of piperidine rings is 1. The third kappa shape index (κ3) is 3.46. The zero-order valence-corrected chi connectivity index (χ0v) is 14.3. The van der Waals surface area contributed by atoms with Crippen molar-refractivity contribution in [3.8, 4) is 11.1 Å². The van der Waals surface area contributed by atoms with Crippen LogP contribution in [0.3, 0.4) is 0 Å². The van der Waals surface area contributed by atoms with Crippen LogP contribution in [0.1, 0.15) is 29.6 Å². The Morgan fingerprint density at radius 1 is 0.880 bits per heavy atom. The molecule has 2 aromatic rings. The van der Waals surface area contributed by atoms with Crippen molar-refractivity contribution in [2.24, 2.45) is 0 Å². The van der Waals surface area contributed by atoms with Crippen molar-refractivity contribution in [1.82, 2.24) is 4.90 Å². The van der Waals surface area contributed by atoms with Crippen LogP contribution >= 0.6 is 0 Å². The fraction of sp³-hybridized carbons (Fsp3) is 0.381. The molecule has 0 bridgehead atoms. The van der Waals surface area contributed by atoms with Crippen molar-refractivity contribution in [3.63, 3.8) is 0 Å². The number of hydrogen-bond acceptors (Lipinski definition) is 3. The van der Waals surface area contributed by atoms with Gasteiger partial charge in [0.05, 0.1) is 13.2 Å². The molecule has 4 heteroatoms. The highest BCUT2D eigenvalue weighted by molar-refractivity contribution is 5.95. The molecule has 0 radical (unpaired) electrons. The Balaban J connectivity index is 1.47. The van der Waals surface area contributed by atoms with E-state index in [2.05, 4.69) is 12.1 Å². The van der Waals surface area contributed by atoms with Gasteiger partial charge in [-0.15, -0.1) is 0 Å². The molecule has 0 aliphatic carbocycles. The Labute approximate surface area is 148 Å². The minimum absolute atomic E-state index is 0.0865. The van der Waals surface area contributed by atoms with Gasteiger partial charge in [-0.25, -0.2) is 0 Å². The highest BCUT2D eigenvalue weighted by Crippen LogP contribution is 2.31. The first kappa shape index (κ1) is 16.3. The van der Waals surface area contributed by atoms with Gasteiger partial charge in [0.1, 0.15) is 0 Å². The van der Waals surface area contributed by atoms with Crippen LogP contribution in [0.15, 0.2) is 54.6 Å². The van der Waals surface area contributed by atoms with Crippen LogP contribution in [0.4, 0.5) is 0 Å². The topological polar surface area (TPSA) is 38.8 Å². The lowest BCUT2D eigenvalue weighted by Gasteiger charge is -2.43. The van der Waals surface area contributed by atoms with Crippen LogP contribution in [-0.4, -0.2) is 42.9 Å². The molecule has 2 saturated heterocycles. The van der Waals surface area contributed by atoms with Gasteiger partial charge < -0.3 is 14.4 Å². The van der Waals surface area contributed by atoms with Crippen molar-refractivity contribution >= 4 is 5.91 Å². The number of rotatable bonds is 2. The molecule has 4 nitrogen and oxygen atoms in total. The van der Waals surface area contributed by atoms with E-state index in [1.807, 2.05) is 47.4 Å². The lowest BCUT2D eigenvalue weighted by molar-refractivity contribution is -0.281. The second kappa shape index (κ2) is 6.98. The molecule has 2 heterocycles. The number of amides is 1. The Morgan fingerprint density at radius 3 is 2.28 bits per heavy atom. The van der Waals surface area contributed by atoms with Gasteiger partial charge in [0.2, 0.25) is 0 Å². The van der Waals surface area contributed by atoms with E-state index in [0.717, 1.165) is 49.2 Å². The summed E-state index contributed by atoms with van der Waals surface area (Å²) in [4.78, 5) is 14.8. The average Bonchev–Trinajstić information content (AvgIpc) is 2.69. The number of benzene rings is 2.